The first-order valence-electron chi connectivity index (χ1n) is 11.3. The molecule has 0 aliphatic carbocycles. The van der Waals surface area contributed by atoms with Crippen LogP contribution in [0.15, 0.2) is 82.7 Å². The zero-order valence-electron chi connectivity index (χ0n) is 19.8. The second-order valence-corrected chi connectivity index (χ2v) is 9.27. The molecule has 2 aromatic heterocycles. The van der Waals surface area contributed by atoms with Crippen LogP contribution in [0.2, 0.25) is 0 Å². The van der Waals surface area contributed by atoms with E-state index in [4.69, 9.17) is 0 Å². The molecule has 0 atom stereocenters. The lowest BCUT2D eigenvalue weighted by Crippen LogP contribution is -2.32. The van der Waals surface area contributed by atoms with Gasteiger partial charge in [-0.05, 0) is 55.3 Å². The van der Waals surface area contributed by atoms with Crippen molar-refractivity contribution in [1.29, 1.82) is 5.26 Å². The molecule has 0 radical (unpaired) electrons. The highest BCUT2D eigenvalue weighted by Crippen LogP contribution is 2.25. The first-order chi connectivity index (χ1) is 17.5. The standard InChI is InChI=1S/C27H22N6O2S/c1-18-12-13-19(2)23(16-18)32-25(35)21-10-6-7-11-22(21)33-26(32)29-30-27(33)36-17-24(34)31(15-14-28)20-8-4-3-5-9-20/h3-13,16H,15,17H2,1-2H3. The summed E-state index contributed by atoms with van der Waals surface area (Å²) in [5.41, 5.74) is 3.83. The second-order valence-electron chi connectivity index (χ2n) is 8.33. The summed E-state index contributed by atoms with van der Waals surface area (Å²) in [5, 5.41) is 19.0. The van der Waals surface area contributed by atoms with E-state index in [1.165, 1.54) is 16.7 Å². The molecular weight excluding hydrogens is 472 g/mol. The van der Waals surface area contributed by atoms with E-state index in [1.54, 1.807) is 22.8 Å². The van der Waals surface area contributed by atoms with Gasteiger partial charge in [-0.3, -0.25) is 18.9 Å². The number of nitrogens with zero attached hydrogens (tertiary/aromatic N) is 6. The van der Waals surface area contributed by atoms with Crippen molar-refractivity contribution in [2.24, 2.45) is 0 Å². The quantitative estimate of drug-likeness (QED) is 0.258. The number of benzene rings is 3. The van der Waals surface area contributed by atoms with Crippen molar-refractivity contribution in [2.45, 2.75) is 19.0 Å². The Hall–Kier alpha value is -4.42. The Morgan fingerprint density at radius 3 is 2.56 bits per heavy atom. The number of aryl methyl sites for hydroxylation is 2. The number of nitriles is 1. The van der Waals surface area contributed by atoms with Crippen LogP contribution in [0.4, 0.5) is 5.69 Å². The van der Waals surface area contributed by atoms with Crippen molar-refractivity contribution in [2.75, 3.05) is 17.2 Å². The Morgan fingerprint density at radius 2 is 1.78 bits per heavy atom. The molecule has 36 heavy (non-hydrogen) atoms. The molecule has 0 saturated heterocycles. The molecule has 1 amide bonds. The number of aromatic nitrogens is 4. The van der Waals surface area contributed by atoms with Gasteiger partial charge in [-0.2, -0.15) is 5.26 Å². The van der Waals surface area contributed by atoms with Gasteiger partial charge in [0.2, 0.25) is 11.7 Å². The van der Waals surface area contributed by atoms with Crippen molar-refractivity contribution in [1.82, 2.24) is 19.2 Å². The lowest BCUT2D eigenvalue weighted by atomic mass is 10.1. The number of amides is 1. The Bertz CT molecular complexity index is 1700. The van der Waals surface area contributed by atoms with Crippen LogP contribution < -0.4 is 10.5 Å². The summed E-state index contributed by atoms with van der Waals surface area (Å²) < 4.78 is 3.39. The van der Waals surface area contributed by atoms with Gasteiger partial charge in [0.05, 0.1) is 28.4 Å². The van der Waals surface area contributed by atoms with Gasteiger partial charge in [0, 0.05) is 5.69 Å². The van der Waals surface area contributed by atoms with Crippen LogP contribution in [-0.4, -0.2) is 37.4 Å². The molecule has 0 spiro atoms. The van der Waals surface area contributed by atoms with Gasteiger partial charge in [0.15, 0.2) is 5.16 Å². The molecule has 0 saturated carbocycles. The number of para-hydroxylation sites is 2. The van der Waals surface area contributed by atoms with Crippen molar-refractivity contribution < 1.29 is 4.79 Å². The number of rotatable bonds is 6. The van der Waals surface area contributed by atoms with Gasteiger partial charge >= 0.3 is 0 Å². The molecule has 0 unspecified atom stereocenters. The number of thioether (sulfide) groups is 1. The largest absolute Gasteiger partial charge is 0.298 e. The normalized spacial score (nSPS) is 11.0. The maximum absolute atomic E-state index is 13.6. The van der Waals surface area contributed by atoms with Gasteiger partial charge in [0.25, 0.3) is 5.56 Å². The van der Waals surface area contributed by atoms with Crippen LogP contribution in [0.3, 0.4) is 0 Å². The lowest BCUT2D eigenvalue weighted by Gasteiger charge is -2.19. The van der Waals surface area contributed by atoms with Crippen molar-refractivity contribution in [3.8, 4) is 11.8 Å². The SMILES string of the molecule is Cc1ccc(C)c(-n2c(=O)c3ccccc3n3c(SCC(=O)N(CC#N)c4ccccc4)nnc23)c1. The number of carbonyl (C=O) groups excluding carboxylic acids is 1. The summed E-state index contributed by atoms with van der Waals surface area (Å²) in [6, 6.07) is 24.4. The van der Waals surface area contributed by atoms with Gasteiger partial charge in [0.1, 0.15) is 6.54 Å². The average Bonchev–Trinajstić information content (AvgIpc) is 3.32. The van der Waals surface area contributed by atoms with Crippen LogP contribution in [0, 0.1) is 25.2 Å². The molecule has 3 aromatic carbocycles. The maximum atomic E-state index is 13.6. The molecule has 0 fully saturated rings. The number of fused-ring (bicyclic) bond motifs is 3. The summed E-state index contributed by atoms with van der Waals surface area (Å²) in [5.74, 6) is 0.199. The molecule has 0 N–H and O–H groups in total. The third kappa shape index (κ3) is 4.12. The average molecular weight is 495 g/mol. The summed E-state index contributed by atoms with van der Waals surface area (Å²) in [6.45, 7) is 3.87. The highest BCUT2D eigenvalue weighted by atomic mass is 32.2. The monoisotopic (exact) mass is 494 g/mol. The van der Waals surface area contributed by atoms with E-state index in [2.05, 4.69) is 16.3 Å². The first kappa shape index (κ1) is 23.3. The predicted molar refractivity (Wildman–Crippen MR) is 141 cm³/mol. The van der Waals surface area contributed by atoms with Crippen LogP contribution in [0.25, 0.3) is 22.4 Å². The summed E-state index contributed by atoms with van der Waals surface area (Å²) >= 11 is 1.22. The minimum Gasteiger partial charge on any atom is -0.298 e. The lowest BCUT2D eigenvalue weighted by molar-refractivity contribution is -0.116. The molecule has 2 heterocycles. The van der Waals surface area contributed by atoms with Gasteiger partial charge < -0.3 is 0 Å². The fourth-order valence-corrected chi connectivity index (χ4v) is 4.97. The smallest absolute Gasteiger partial charge is 0.267 e. The molecule has 5 rings (SSSR count). The van der Waals surface area contributed by atoms with E-state index >= 15 is 0 Å². The number of hydrogen-bond acceptors (Lipinski definition) is 6. The third-order valence-corrected chi connectivity index (χ3v) is 6.84. The van der Waals surface area contributed by atoms with Crippen LogP contribution >= 0.6 is 11.8 Å². The number of carbonyl (C=O) groups is 1. The van der Waals surface area contributed by atoms with Crippen molar-refractivity contribution in [3.63, 3.8) is 0 Å². The van der Waals surface area contributed by atoms with E-state index in [0.29, 0.717) is 27.5 Å². The van der Waals surface area contributed by atoms with E-state index in [0.717, 1.165) is 16.8 Å². The van der Waals surface area contributed by atoms with E-state index < -0.39 is 0 Å². The molecule has 8 nitrogen and oxygen atoms in total. The Balaban J connectivity index is 1.60. The highest BCUT2D eigenvalue weighted by Gasteiger charge is 2.21. The van der Waals surface area contributed by atoms with Gasteiger partial charge in [-0.25, -0.2) is 4.57 Å². The molecule has 178 valence electrons. The van der Waals surface area contributed by atoms with Gasteiger partial charge in [-0.15, -0.1) is 10.2 Å². The second kappa shape index (κ2) is 9.68. The maximum Gasteiger partial charge on any atom is 0.267 e. The Kier molecular flexibility index (Phi) is 6.27. The predicted octanol–water partition coefficient (Wildman–Crippen LogP) is 4.30. The fraction of sp³-hybridized carbons (Fsp3) is 0.148. The summed E-state index contributed by atoms with van der Waals surface area (Å²) in [7, 11) is 0. The van der Waals surface area contributed by atoms with Crippen LogP contribution in [0.5, 0.6) is 0 Å². The van der Waals surface area contributed by atoms with E-state index in [1.807, 2.05) is 72.8 Å². The van der Waals surface area contributed by atoms with E-state index in [-0.39, 0.29) is 23.8 Å². The highest BCUT2D eigenvalue weighted by molar-refractivity contribution is 7.99. The minimum atomic E-state index is -0.225. The number of hydrogen-bond donors (Lipinski definition) is 0. The molecule has 0 aliphatic heterocycles. The molecule has 0 bridgehead atoms. The van der Waals surface area contributed by atoms with Crippen LogP contribution in [0.1, 0.15) is 11.1 Å². The third-order valence-electron chi connectivity index (χ3n) is 5.92. The fourth-order valence-electron chi connectivity index (χ4n) is 4.16. The topological polar surface area (TPSA) is 96.3 Å². The van der Waals surface area contributed by atoms with Crippen molar-refractivity contribution in [3.05, 3.63) is 94.3 Å². The summed E-state index contributed by atoms with van der Waals surface area (Å²) in [6.07, 6.45) is 0. The molecule has 9 heteroatoms. The molecular formula is C27H22N6O2S. The van der Waals surface area contributed by atoms with E-state index in [9.17, 15) is 14.9 Å². The number of anilines is 1. The summed E-state index contributed by atoms with van der Waals surface area (Å²) in [4.78, 5) is 28.1. The zero-order valence-corrected chi connectivity index (χ0v) is 20.6. The van der Waals surface area contributed by atoms with Crippen LogP contribution in [-0.2, 0) is 4.79 Å². The Labute approximate surface area is 211 Å². The molecule has 0 aliphatic rings. The Morgan fingerprint density at radius 1 is 1.03 bits per heavy atom. The minimum absolute atomic E-state index is 0.0499. The van der Waals surface area contributed by atoms with Crippen molar-refractivity contribution >= 4 is 40.0 Å². The molecule has 5 aromatic rings. The first-order valence-corrected chi connectivity index (χ1v) is 12.3. The van der Waals surface area contributed by atoms with Gasteiger partial charge in [-0.1, -0.05) is 54.2 Å². The zero-order chi connectivity index (χ0) is 25.2.